The van der Waals surface area contributed by atoms with Gasteiger partial charge in [0.25, 0.3) is 0 Å². The highest BCUT2D eigenvalue weighted by Crippen LogP contribution is 2.43. The summed E-state index contributed by atoms with van der Waals surface area (Å²) in [5.41, 5.74) is 0. The molecule has 0 aliphatic carbocycles. The molecule has 0 aromatic heterocycles. The number of phosphoric acid groups is 1. The van der Waals surface area contributed by atoms with E-state index in [1.54, 1.807) is 6.08 Å². The fraction of sp³-hybridized carbons (Fsp3) is 0.814. The second-order valence-electron chi connectivity index (χ2n) is 20.6. The molecule has 1 amide bonds. The van der Waals surface area contributed by atoms with Crippen LogP contribution in [-0.4, -0.2) is 73.4 Å². The molecule has 0 aliphatic heterocycles. The quantitative estimate of drug-likeness (QED) is 0.0243. The smallest absolute Gasteiger partial charge is 0.387 e. The van der Waals surface area contributed by atoms with E-state index in [0.717, 1.165) is 51.4 Å². The molecule has 9 heteroatoms. The molecule has 398 valence electrons. The third kappa shape index (κ3) is 52.0. The summed E-state index contributed by atoms with van der Waals surface area (Å²) in [6.45, 7) is 4.79. The summed E-state index contributed by atoms with van der Waals surface area (Å²) < 4.78 is 23.7. The van der Waals surface area contributed by atoms with Gasteiger partial charge in [-0.1, -0.05) is 235 Å². The van der Waals surface area contributed by atoms with Crippen LogP contribution >= 0.6 is 7.82 Å². The lowest BCUT2D eigenvalue weighted by atomic mass is 10.0. The molecular formula is C59H112N2O6P+. The number of nitrogens with one attached hydrogen (secondary N) is 1. The van der Waals surface area contributed by atoms with Gasteiger partial charge in [0.15, 0.2) is 0 Å². The van der Waals surface area contributed by atoms with Crippen molar-refractivity contribution in [2.75, 3.05) is 40.9 Å². The van der Waals surface area contributed by atoms with Crippen LogP contribution < -0.4 is 5.32 Å². The van der Waals surface area contributed by atoms with Crippen LogP contribution in [0.3, 0.4) is 0 Å². The predicted octanol–water partition coefficient (Wildman–Crippen LogP) is 17.3. The maximum Gasteiger partial charge on any atom is 0.472 e. The summed E-state index contributed by atoms with van der Waals surface area (Å²) in [5, 5.41) is 13.9. The molecule has 0 spiro atoms. The summed E-state index contributed by atoms with van der Waals surface area (Å²) in [5.74, 6) is -0.195. The van der Waals surface area contributed by atoms with E-state index in [9.17, 15) is 19.4 Å². The van der Waals surface area contributed by atoms with E-state index in [2.05, 4.69) is 67.8 Å². The Kier molecular flexibility index (Phi) is 48.8. The molecule has 3 atom stereocenters. The molecule has 8 nitrogen and oxygen atoms in total. The molecule has 0 aliphatic rings. The summed E-state index contributed by atoms with van der Waals surface area (Å²) in [6, 6.07) is -0.875. The summed E-state index contributed by atoms with van der Waals surface area (Å²) in [6.07, 6.45) is 67.5. The van der Waals surface area contributed by atoms with Crippen molar-refractivity contribution in [3.8, 4) is 0 Å². The first-order valence-corrected chi connectivity index (χ1v) is 30.2. The van der Waals surface area contributed by atoms with Gasteiger partial charge >= 0.3 is 7.82 Å². The Labute approximate surface area is 422 Å². The molecule has 0 aromatic rings. The lowest BCUT2D eigenvalue weighted by Crippen LogP contribution is -2.45. The first kappa shape index (κ1) is 66.2. The number of rotatable bonds is 52. The van der Waals surface area contributed by atoms with E-state index in [-0.39, 0.29) is 19.1 Å². The topological polar surface area (TPSA) is 105 Å². The number of unbranched alkanes of at least 4 members (excludes halogenated alkanes) is 31. The minimum atomic E-state index is -4.36. The molecule has 3 N–H and O–H groups in total. The number of carbonyl (C=O) groups is 1. The molecule has 0 radical (unpaired) electrons. The van der Waals surface area contributed by atoms with Crippen molar-refractivity contribution in [2.45, 2.75) is 270 Å². The number of quaternary nitrogens is 1. The van der Waals surface area contributed by atoms with E-state index >= 15 is 0 Å². The van der Waals surface area contributed by atoms with Gasteiger partial charge in [-0.15, -0.1) is 0 Å². The molecule has 0 fully saturated rings. The zero-order valence-corrected chi connectivity index (χ0v) is 46.2. The summed E-state index contributed by atoms with van der Waals surface area (Å²) in [7, 11) is 1.54. The predicted molar refractivity (Wildman–Crippen MR) is 295 cm³/mol. The average molecular weight is 977 g/mol. The van der Waals surface area contributed by atoms with Crippen molar-refractivity contribution in [1.82, 2.24) is 5.32 Å². The van der Waals surface area contributed by atoms with Gasteiger partial charge in [0.1, 0.15) is 13.2 Å². The second kappa shape index (κ2) is 50.2. The van der Waals surface area contributed by atoms with Gasteiger partial charge in [0.2, 0.25) is 5.91 Å². The van der Waals surface area contributed by atoms with Crippen LogP contribution in [0.5, 0.6) is 0 Å². The fourth-order valence-corrected chi connectivity index (χ4v) is 8.90. The largest absolute Gasteiger partial charge is 0.472 e. The van der Waals surface area contributed by atoms with Crippen LogP contribution in [0, 0.1) is 0 Å². The lowest BCUT2D eigenvalue weighted by Gasteiger charge is -2.25. The zero-order valence-electron chi connectivity index (χ0n) is 45.3. The Hall–Kier alpha value is -1.80. The number of allylic oxidation sites excluding steroid dienone is 9. The number of hydrogen-bond acceptors (Lipinski definition) is 5. The molecule has 68 heavy (non-hydrogen) atoms. The Bertz CT molecular complexity index is 1290. The lowest BCUT2D eigenvalue weighted by molar-refractivity contribution is -0.870. The molecule has 0 bridgehead atoms. The van der Waals surface area contributed by atoms with E-state index in [1.807, 2.05) is 27.2 Å². The van der Waals surface area contributed by atoms with Gasteiger partial charge in [-0.25, -0.2) is 4.57 Å². The Morgan fingerprint density at radius 2 is 0.853 bits per heavy atom. The van der Waals surface area contributed by atoms with E-state index in [1.165, 1.54) is 186 Å². The molecular weight excluding hydrogens is 864 g/mol. The van der Waals surface area contributed by atoms with Crippen molar-refractivity contribution < 1.29 is 32.9 Å². The van der Waals surface area contributed by atoms with Gasteiger partial charge in [0.05, 0.1) is 39.9 Å². The van der Waals surface area contributed by atoms with E-state index in [4.69, 9.17) is 9.05 Å². The number of likely N-dealkylation sites (N-methyl/N-ethyl adjacent to an activating group) is 1. The second-order valence-corrected chi connectivity index (χ2v) is 22.1. The highest BCUT2D eigenvalue weighted by atomic mass is 31.2. The number of hydrogen-bond donors (Lipinski definition) is 3. The van der Waals surface area contributed by atoms with Crippen LogP contribution in [-0.2, 0) is 18.4 Å². The van der Waals surface area contributed by atoms with Gasteiger partial charge in [-0.05, 0) is 77.0 Å². The van der Waals surface area contributed by atoms with E-state index < -0.39 is 20.0 Å². The molecule has 3 unspecified atom stereocenters. The van der Waals surface area contributed by atoms with Crippen LogP contribution in [0.4, 0.5) is 0 Å². The van der Waals surface area contributed by atoms with Crippen molar-refractivity contribution in [3.05, 3.63) is 60.8 Å². The summed E-state index contributed by atoms with van der Waals surface area (Å²) in [4.78, 5) is 23.3. The Morgan fingerprint density at radius 3 is 1.26 bits per heavy atom. The van der Waals surface area contributed by atoms with Crippen LogP contribution in [0.2, 0.25) is 0 Å². The van der Waals surface area contributed by atoms with Crippen molar-refractivity contribution in [3.63, 3.8) is 0 Å². The third-order valence-corrected chi connectivity index (χ3v) is 13.7. The van der Waals surface area contributed by atoms with Crippen LogP contribution in [0.25, 0.3) is 0 Å². The van der Waals surface area contributed by atoms with E-state index in [0.29, 0.717) is 17.4 Å². The highest BCUT2D eigenvalue weighted by molar-refractivity contribution is 7.47. The molecule has 0 aromatic carbocycles. The number of aliphatic hydroxyl groups is 1. The minimum Gasteiger partial charge on any atom is -0.387 e. The van der Waals surface area contributed by atoms with Gasteiger partial charge in [0, 0.05) is 6.42 Å². The first-order valence-electron chi connectivity index (χ1n) is 28.7. The van der Waals surface area contributed by atoms with Gasteiger partial charge < -0.3 is 19.8 Å². The molecule has 0 rings (SSSR count). The van der Waals surface area contributed by atoms with Crippen molar-refractivity contribution in [1.29, 1.82) is 0 Å². The normalized spacial score (nSPS) is 14.4. The number of phosphoric ester groups is 1. The standard InChI is InChI=1S/C59H111N2O6P/c1-6-8-10-12-14-16-18-20-22-24-26-28-29-30-31-33-34-36-38-40-42-44-46-48-50-52-58(62)57(56-67-68(64,65)66-55-54-61(3,4)5)60-59(63)53-51-49-47-45-43-41-39-37-35-32-27-25-23-21-19-17-15-13-11-9-7-2/h19,21,25,27,34,36,42,44,50,52,57-58,62H,6-18,20,22-24,26,28-33,35,37-41,43,45-49,51,53-56H2,1-5H3,(H-,60,63,64,65)/p+1/b21-19-,27-25-,36-34+,44-42+,52-50+. The summed E-state index contributed by atoms with van der Waals surface area (Å²) >= 11 is 0. The maximum absolute atomic E-state index is 13.0. The molecule has 0 saturated carbocycles. The van der Waals surface area contributed by atoms with Crippen molar-refractivity contribution in [2.24, 2.45) is 0 Å². The Balaban J connectivity index is 4.31. The highest BCUT2D eigenvalue weighted by Gasteiger charge is 2.27. The van der Waals surface area contributed by atoms with Crippen molar-refractivity contribution >= 4 is 13.7 Å². The average Bonchev–Trinajstić information content (AvgIpc) is 3.30. The van der Waals surface area contributed by atoms with Crippen LogP contribution in [0.15, 0.2) is 60.8 Å². The Morgan fingerprint density at radius 1 is 0.500 bits per heavy atom. The molecule has 0 heterocycles. The molecule has 0 saturated heterocycles. The van der Waals surface area contributed by atoms with Gasteiger partial charge in [-0.3, -0.25) is 13.8 Å². The minimum absolute atomic E-state index is 0.0510. The fourth-order valence-electron chi connectivity index (χ4n) is 8.16. The first-order chi connectivity index (χ1) is 33.0. The number of amides is 1. The monoisotopic (exact) mass is 976 g/mol. The zero-order chi connectivity index (χ0) is 49.9. The number of nitrogens with zero attached hydrogens (tertiary/aromatic N) is 1. The van der Waals surface area contributed by atoms with Crippen LogP contribution in [0.1, 0.15) is 258 Å². The number of aliphatic hydroxyl groups excluding tert-OH is 1. The SMILES string of the molecule is CCCCCCC/C=C\C/C=C\CCCCCCCCCCCC(=O)NC(COP(=O)(O)OCC[N+](C)(C)C)C(O)/C=C/CC/C=C/CC/C=C/CCCCCCCCCCCCCCCCC. The number of carbonyl (C=O) groups excluding carboxylic acids is 1. The maximum atomic E-state index is 13.0. The third-order valence-electron chi connectivity index (χ3n) is 12.7. The van der Waals surface area contributed by atoms with Gasteiger partial charge in [-0.2, -0.15) is 0 Å².